The van der Waals surface area contributed by atoms with Crippen LogP contribution < -0.4 is 0 Å². The summed E-state index contributed by atoms with van der Waals surface area (Å²) in [5.74, 6) is -1.30. The quantitative estimate of drug-likeness (QED) is 0.626. The fourth-order valence-electron chi connectivity index (χ4n) is 1.99. The second kappa shape index (κ2) is 7.16. The van der Waals surface area contributed by atoms with Crippen molar-refractivity contribution in [3.05, 3.63) is 29.1 Å². The van der Waals surface area contributed by atoms with Crippen LogP contribution in [0.3, 0.4) is 0 Å². The van der Waals surface area contributed by atoms with Crippen LogP contribution in [0.4, 0.5) is 26.3 Å². The molecule has 0 saturated heterocycles. The van der Waals surface area contributed by atoms with E-state index in [2.05, 4.69) is 4.98 Å². The van der Waals surface area contributed by atoms with Crippen molar-refractivity contribution in [3.8, 4) is 0 Å². The van der Waals surface area contributed by atoms with Gasteiger partial charge in [0.1, 0.15) is 11.4 Å². The van der Waals surface area contributed by atoms with Crippen molar-refractivity contribution in [1.29, 1.82) is 0 Å². The molecular weight excluding hydrogens is 368 g/mol. The van der Waals surface area contributed by atoms with Crippen LogP contribution >= 0.6 is 0 Å². The summed E-state index contributed by atoms with van der Waals surface area (Å²) in [4.78, 5) is 2.56. The fourth-order valence-corrected chi connectivity index (χ4v) is 1.99. The maximum Gasteiger partial charge on any atom is 0.433 e. The first-order valence-electron chi connectivity index (χ1n) is 5.86. The van der Waals surface area contributed by atoms with Crippen molar-refractivity contribution in [2.45, 2.75) is 44.3 Å². The average molecular weight is 381 g/mol. The molecule has 22 heavy (non-hydrogen) atoms. The monoisotopic (exact) mass is 380 g/mol. The van der Waals surface area contributed by atoms with Crippen LogP contribution in [0.2, 0.25) is 0 Å². The summed E-state index contributed by atoms with van der Waals surface area (Å²) in [6, 6.07) is 0.804. The summed E-state index contributed by atoms with van der Waals surface area (Å²) >= 11 is 0. The van der Waals surface area contributed by atoms with E-state index in [0.29, 0.717) is 12.1 Å². The second-order valence-corrected chi connectivity index (χ2v) is 4.67. The van der Waals surface area contributed by atoms with E-state index in [0.717, 1.165) is 0 Å². The molecule has 131 valence electrons. The first-order valence-corrected chi connectivity index (χ1v) is 5.86. The zero-order chi connectivity index (χ0) is 16.6. The number of halogens is 6. The Bertz CT molecular complexity index is 461. The number of hydrogen-bond donors (Lipinski definition) is 2. The van der Waals surface area contributed by atoms with Crippen LogP contribution in [0.5, 0.6) is 0 Å². The maximum absolute atomic E-state index is 12.6. The molecule has 0 saturated carbocycles. The van der Waals surface area contributed by atoms with E-state index in [1.54, 1.807) is 0 Å². The minimum absolute atomic E-state index is 0. The van der Waals surface area contributed by atoms with Crippen LogP contribution in [0, 0.1) is 0 Å². The summed E-state index contributed by atoms with van der Waals surface area (Å²) in [7, 11) is 0. The van der Waals surface area contributed by atoms with E-state index in [4.69, 9.17) is 0 Å². The van der Waals surface area contributed by atoms with Crippen molar-refractivity contribution in [1.82, 2.24) is 4.98 Å². The van der Waals surface area contributed by atoms with E-state index in [1.807, 2.05) is 0 Å². The van der Waals surface area contributed by atoms with Crippen molar-refractivity contribution in [3.63, 3.8) is 0 Å². The first kappa shape index (κ1) is 21.2. The third-order valence-electron chi connectivity index (χ3n) is 2.85. The van der Waals surface area contributed by atoms with Crippen molar-refractivity contribution >= 4 is 0 Å². The molecule has 0 spiro atoms. The van der Waals surface area contributed by atoms with Gasteiger partial charge in [-0.1, -0.05) is 0 Å². The molecular formula is C12H13CuF6NO2. The minimum Gasteiger partial charge on any atom is -0.393 e. The predicted molar refractivity (Wildman–Crippen MR) is 60.3 cm³/mol. The van der Waals surface area contributed by atoms with Crippen LogP contribution in [-0.2, 0) is 29.4 Å². The van der Waals surface area contributed by atoms with Crippen LogP contribution in [0.15, 0.2) is 12.1 Å². The van der Waals surface area contributed by atoms with E-state index in [9.17, 15) is 36.6 Å². The number of aliphatic hydroxyl groups excluding tert-OH is 2. The topological polar surface area (TPSA) is 53.4 Å². The van der Waals surface area contributed by atoms with Gasteiger partial charge in [0.2, 0.25) is 0 Å². The van der Waals surface area contributed by atoms with Gasteiger partial charge in [-0.2, -0.15) is 26.3 Å². The van der Waals surface area contributed by atoms with Crippen LogP contribution in [0.25, 0.3) is 0 Å². The molecule has 0 amide bonds. The van der Waals surface area contributed by atoms with Crippen molar-refractivity contribution in [2.24, 2.45) is 0 Å². The summed E-state index contributed by atoms with van der Waals surface area (Å²) in [6.07, 6.45) is -12.8. The summed E-state index contributed by atoms with van der Waals surface area (Å²) in [6.45, 7) is 2.33. The Kier molecular flexibility index (Phi) is 6.89. The molecule has 1 aromatic heterocycles. The van der Waals surface area contributed by atoms with E-state index in [-0.39, 0.29) is 17.1 Å². The molecule has 1 rings (SSSR count). The van der Waals surface area contributed by atoms with Gasteiger partial charge in [0.25, 0.3) is 0 Å². The zero-order valence-corrected chi connectivity index (χ0v) is 12.2. The number of hydrogen-bond acceptors (Lipinski definition) is 3. The average Bonchev–Trinajstić information content (AvgIpc) is 2.25. The molecule has 0 aromatic carbocycles. The number of aromatic nitrogens is 1. The molecule has 2 N–H and O–H groups in total. The Balaban J connectivity index is 0.00000441. The van der Waals surface area contributed by atoms with Gasteiger partial charge >= 0.3 is 12.4 Å². The van der Waals surface area contributed by atoms with Gasteiger partial charge in [-0.25, -0.2) is 4.98 Å². The molecule has 2 unspecified atom stereocenters. The molecule has 1 aromatic rings. The zero-order valence-electron chi connectivity index (χ0n) is 11.3. The molecule has 0 aliphatic heterocycles. The minimum atomic E-state index is -5.07. The number of aliphatic hydroxyl groups is 2. The molecule has 0 fully saturated rings. The number of pyridine rings is 1. The van der Waals surface area contributed by atoms with Crippen LogP contribution in [0.1, 0.15) is 36.7 Å². The van der Waals surface area contributed by atoms with Gasteiger partial charge in [0.15, 0.2) is 0 Å². The number of rotatable bonds is 3. The van der Waals surface area contributed by atoms with Gasteiger partial charge in [-0.05, 0) is 31.5 Å². The SMILES string of the molecule is CC(O)C(c1cc(C(F)(F)F)nc(C(F)(F)F)c1)C(C)O.[Cu]. The van der Waals surface area contributed by atoms with Gasteiger partial charge in [-0.3, -0.25) is 0 Å². The molecule has 1 radical (unpaired) electrons. The fraction of sp³-hybridized carbons (Fsp3) is 0.583. The summed E-state index contributed by atoms with van der Waals surface area (Å²) in [5.41, 5.74) is -3.92. The van der Waals surface area contributed by atoms with Gasteiger partial charge in [-0.15, -0.1) is 0 Å². The second-order valence-electron chi connectivity index (χ2n) is 4.67. The molecule has 3 nitrogen and oxygen atoms in total. The normalized spacial score (nSPS) is 16.6. The molecule has 0 aliphatic rings. The molecule has 0 aliphatic carbocycles. The molecule has 1 heterocycles. The third kappa shape index (κ3) is 5.12. The summed E-state index contributed by atoms with van der Waals surface area (Å²) < 4.78 is 75.9. The standard InChI is InChI=1S/C12H13F6NO2.Cu/c1-5(20)10(6(2)21)7-3-8(11(13,14)15)19-9(4-7)12(16,17)18;/h3-6,10,20-21H,1-2H3;. The van der Waals surface area contributed by atoms with E-state index in [1.165, 1.54) is 13.8 Å². The Morgan fingerprint density at radius 3 is 1.41 bits per heavy atom. The van der Waals surface area contributed by atoms with Gasteiger partial charge in [0, 0.05) is 23.0 Å². The van der Waals surface area contributed by atoms with Gasteiger partial charge in [0.05, 0.1) is 12.2 Å². The smallest absolute Gasteiger partial charge is 0.393 e. The molecule has 0 bridgehead atoms. The van der Waals surface area contributed by atoms with E-state index < -0.39 is 47.4 Å². The van der Waals surface area contributed by atoms with Crippen LogP contribution in [-0.4, -0.2) is 27.4 Å². The Morgan fingerprint density at radius 2 is 1.18 bits per heavy atom. The third-order valence-corrected chi connectivity index (χ3v) is 2.85. The Hall–Kier alpha value is -0.831. The van der Waals surface area contributed by atoms with Crippen molar-refractivity contribution in [2.75, 3.05) is 0 Å². The predicted octanol–water partition coefficient (Wildman–Crippen LogP) is 2.96. The number of alkyl halides is 6. The van der Waals surface area contributed by atoms with Crippen molar-refractivity contribution < 1.29 is 53.6 Å². The largest absolute Gasteiger partial charge is 0.433 e. The summed E-state index contributed by atoms with van der Waals surface area (Å²) in [5, 5.41) is 19.0. The maximum atomic E-state index is 12.6. The first-order chi connectivity index (χ1) is 9.34. The van der Waals surface area contributed by atoms with E-state index >= 15 is 0 Å². The Morgan fingerprint density at radius 1 is 0.864 bits per heavy atom. The Labute approximate surface area is 132 Å². The molecule has 2 atom stereocenters. The van der Waals surface area contributed by atoms with Gasteiger partial charge < -0.3 is 10.2 Å². The number of nitrogens with zero attached hydrogens (tertiary/aromatic N) is 1. The molecule has 10 heteroatoms.